The van der Waals surface area contributed by atoms with E-state index in [1.165, 1.54) is 36.8 Å². The number of carbonyl (C=O) groups is 1. The molecule has 1 fully saturated rings. The highest BCUT2D eigenvalue weighted by atomic mass is 16.1. The Kier molecular flexibility index (Phi) is 4.57. The van der Waals surface area contributed by atoms with Gasteiger partial charge in [0.1, 0.15) is 6.29 Å². The summed E-state index contributed by atoms with van der Waals surface area (Å²) in [7, 11) is 0. The SMILES string of the molecule is CC1CCC(c2cccc(C(C)CC=O)c2)CC1. The van der Waals surface area contributed by atoms with Gasteiger partial charge in [0.15, 0.2) is 0 Å². The lowest BCUT2D eigenvalue weighted by Crippen LogP contribution is -2.11. The van der Waals surface area contributed by atoms with Gasteiger partial charge in [-0.05, 0) is 41.7 Å². The number of rotatable bonds is 4. The second kappa shape index (κ2) is 6.17. The van der Waals surface area contributed by atoms with Gasteiger partial charge in [-0.2, -0.15) is 0 Å². The number of hydrogen-bond acceptors (Lipinski definition) is 1. The fourth-order valence-corrected chi connectivity index (χ4v) is 2.99. The molecule has 98 valence electrons. The van der Waals surface area contributed by atoms with E-state index in [4.69, 9.17) is 0 Å². The van der Waals surface area contributed by atoms with E-state index in [1.807, 2.05) is 0 Å². The Morgan fingerprint density at radius 3 is 2.67 bits per heavy atom. The van der Waals surface area contributed by atoms with Gasteiger partial charge < -0.3 is 4.79 Å². The molecule has 0 radical (unpaired) electrons. The summed E-state index contributed by atoms with van der Waals surface area (Å²) in [6, 6.07) is 8.90. The van der Waals surface area contributed by atoms with E-state index in [9.17, 15) is 4.79 Å². The zero-order chi connectivity index (χ0) is 13.0. The zero-order valence-electron chi connectivity index (χ0n) is 11.6. The van der Waals surface area contributed by atoms with Crippen molar-refractivity contribution in [1.82, 2.24) is 0 Å². The quantitative estimate of drug-likeness (QED) is 0.703. The average Bonchev–Trinajstić information content (AvgIpc) is 2.40. The van der Waals surface area contributed by atoms with Gasteiger partial charge in [-0.15, -0.1) is 0 Å². The van der Waals surface area contributed by atoms with Crippen molar-refractivity contribution < 1.29 is 4.79 Å². The van der Waals surface area contributed by atoms with Crippen LogP contribution in [0.5, 0.6) is 0 Å². The molecule has 1 aliphatic carbocycles. The van der Waals surface area contributed by atoms with Crippen LogP contribution in [0.15, 0.2) is 24.3 Å². The average molecular weight is 244 g/mol. The van der Waals surface area contributed by atoms with Crippen molar-refractivity contribution in [2.24, 2.45) is 5.92 Å². The van der Waals surface area contributed by atoms with Crippen molar-refractivity contribution in [2.75, 3.05) is 0 Å². The third kappa shape index (κ3) is 3.22. The predicted octanol–water partition coefficient (Wildman–Crippen LogP) is 4.67. The second-order valence-electron chi connectivity index (χ2n) is 5.93. The van der Waals surface area contributed by atoms with Crippen molar-refractivity contribution in [3.8, 4) is 0 Å². The molecule has 1 aromatic carbocycles. The highest BCUT2D eigenvalue weighted by Gasteiger charge is 2.20. The van der Waals surface area contributed by atoms with Gasteiger partial charge in [-0.3, -0.25) is 0 Å². The van der Waals surface area contributed by atoms with Crippen LogP contribution in [0.4, 0.5) is 0 Å². The minimum absolute atomic E-state index is 0.352. The topological polar surface area (TPSA) is 17.1 Å². The summed E-state index contributed by atoms with van der Waals surface area (Å²) in [5.74, 6) is 1.99. The first-order valence-corrected chi connectivity index (χ1v) is 7.24. The standard InChI is InChI=1S/C17H24O/c1-13-6-8-15(9-7-13)17-5-3-4-16(12-17)14(2)10-11-18/h3-5,11-15H,6-10H2,1-2H3. The van der Waals surface area contributed by atoms with Crippen molar-refractivity contribution >= 4 is 6.29 Å². The summed E-state index contributed by atoms with van der Waals surface area (Å²) in [5, 5.41) is 0. The Labute approximate surface area is 111 Å². The molecule has 0 spiro atoms. The molecule has 18 heavy (non-hydrogen) atoms. The van der Waals surface area contributed by atoms with Gasteiger partial charge in [0.05, 0.1) is 0 Å². The van der Waals surface area contributed by atoms with E-state index < -0.39 is 0 Å². The smallest absolute Gasteiger partial charge is 0.120 e. The van der Waals surface area contributed by atoms with Crippen LogP contribution in [0.3, 0.4) is 0 Å². The molecule has 0 bridgehead atoms. The van der Waals surface area contributed by atoms with Crippen LogP contribution >= 0.6 is 0 Å². The summed E-state index contributed by atoms with van der Waals surface area (Å²) in [6.07, 6.45) is 7.03. The van der Waals surface area contributed by atoms with Gasteiger partial charge in [0.25, 0.3) is 0 Å². The lowest BCUT2D eigenvalue weighted by Gasteiger charge is -2.27. The fraction of sp³-hybridized carbons (Fsp3) is 0.588. The monoisotopic (exact) mass is 244 g/mol. The molecule has 0 aliphatic heterocycles. The summed E-state index contributed by atoms with van der Waals surface area (Å²) in [6.45, 7) is 4.50. The molecule has 0 aromatic heterocycles. The van der Waals surface area contributed by atoms with E-state index in [1.54, 1.807) is 0 Å². The van der Waals surface area contributed by atoms with Crippen LogP contribution < -0.4 is 0 Å². The molecule has 1 nitrogen and oxygen atoms in total. The van der Waals surface area contributed by atoms with Crippen LogP contribution in [-0.2, 0) is 4.79 Å². The van der Waals surface area contributed by atoms with E-state index in [0.717, 1.165) is 18.1 Å². The molecule has 1 saturated carbocycles. The van der Waals surface area contributed by atoms with Gasteiger partial charge in [-0.25, -0.2) is 0 Å². The molecular formula is C17H24O. The second-order valence-corrected chi connectivity index (χ2v) is 5.93. The fourth-order valence-electron chi connectivity index (χ4n) is 2.99. The Balaban J connectivity index is 2.09. The normalized spacial score (nSPS) is 25.7. The third-order valence-electron chi connectivity index (χ3n) is 4.42. The Hall–Kier alpha value is -1.11. The molecule has 0 amide bonds. The van der Waals surface area contributed by atoms with Crippen molar-refractivity contribution in [3.05, 3.63) is 35.4 Å². The van der Waals surface area contributed by atoms with E-state index in [0.29, 0.717) is 12.3 Å². The lowest BCUT2D eigenvalue weighted by atomic mass is 9.79. The van der Waals surface area contributed by atoms with E-state index >= 15 is 0 Å². The lowest BCUT2D eigenvalue weighted by molar-refractivity contribution is -0.108. The van der Waals surface area contributed by atoms with Gasteiger partial charge >= 0.3 is 0 Å². The van der Waals surface area contributed by atoms with Crippen LogP contribution in [0.2, 0.25) is 0 Å². The first-order chi connectivity index (χ1) is 8.70. The molecular weight excluding hydrogens is 220 g/mol. The first-order valence-electron chi connectivity index (χ1n) is 7.24. The van der Waals surface area contributed by atoms with Crippen LogP contribution in [-0.4, -0.2) is 6.29 Å². The summed E-state index contributed by atoms with van der Waals surface area (Å²) in [5.41, 5.74) is 2.80. The summed E-state index contributed by atoms with van der Waals surface area (Å²) in [4.78, 5) is 10.6. The number of carbonyl (C=O) groups excluding carboxylic acids is 1. The Morgan fingerprint density at radius 1 is 1.28 bits per heavy atom. The minimum Gasteiger partial charge on any atom is -0.303 e. The van der Waals surface area contributed by atoms with Crippen molar-refractivity contribution in [2.45, 2.75) is 57.8 Å². The van der Waals surface area contributed by atoms with Crippen LogP contribution in [0, 0.1) is 5.92 Å². The molecule has 2 rings (SSSR count). The maximum absolute atomic E-state index is 10.6. The largest absolute Gasteiger partial charge is 0.303 e. The minimum atomic E-state index is 0.352. The number of benzene rings is 1. The van der Waals surface area contributed by atoms with Crippen LogP contribution in [0.1, 0.15) is 68.9 Å². The molecule has 0 heterocycles. The highest BCUT2D eigenvalue weighted by molar-refractivity contribution is 5.51. The maximum atomic E-state index is 10.6. The zero-order valence-corrected chi connectivity index (χ0v) is 11.6. The number of hydrogen-bond donors (Lipinski definition) is 0. The predicted molar refractivity (Wildman–Crippen MR) is 75.9 cm³/mol. The highest BCUT2D eigenvalue weighted by Crippen LogP contribution is 2.36. The molecule has 1 atom stereocenters. The van der Waals surface area contributed by atoms with Crippen LogP contribution in [0.25, 0.3) is 0 Å². The molecule has 1 unspecified atom stereocenters. The summed E-state index contributed by atoms with van der Waals surface area (Å²) >= 11 is 0. The van der Waals surface area contributed by atoms with Gasteiger partial charge in [-0.1, -0.05) is 51.0 Å². The molecule has 1 aromatic rings. The molecule has 1 aliphatic rings. The van der Waals surface area contributed by atoms with Gasteiger partial charge in [0.2, 0.25) is 0 Å². The first kappa shape index (κ1) is 13.3. The van der Waals surface area contributed by atoms with Crippen molar-refractivity contribution in [1.29, 1.82) is 0 Å². The molecule has 1 heteroatoms. The molecule has 0 N–H and O–H groups in total. The molecule has 0 saturated heterocycles. The Bertz CT molecular complexity index is 388. The van der Waals surface area contributed by atoms with Gasteiger partial charge in [0, 0.05) is 6.42 Å². The summed E-state index contributed by atoms with van der Waals surface area (Å²) < 4.78 is 0. The number of aldehydes is 1. The van der Waals surface area contributed by atoms with Crippen molar-refractivity contribution in [3.63, 3.8) is 0 Å². The van der Waals surface area contributed by atoms with E-state index in [-0.39, 0.29) is 0 Å². The Morgan fingerprint density at radius 2 is 2.00 bits per heavy atom. The van der Waals surface area contributed by atoms with E-state index in [2.05, 4.69) is 38.1 Å². The third-order valence-corrected chi connectivity index (χ3v) is 4.42. The maximum Gasteiger partial charge on any atom is 0.120 e.